The van der Waals surface area contributed by atoms with E-state index in [9.17, 15) is 14.4 Å². The lowest BCUT2D eigenvalue weighted by atomic mass is 9.90. The molecule has 1 aliphatic rings. The maximum absolute atomic E-state index is 12.6. The zero-order valence-electron chi connectivity index (χ0n) is 18.3. The Bertz CT molecular complexity index is 935. The van der Waals surface area contributed by atoms with Gasteiger partial charge in [-0.15, -0.1) is 0 Å². The van der Waals surface area contributed by atoms with Crippen molar-refractivity contribution >= 4 is 17.7 Å². The number of hydrogen-bond donors (Lipinski definition) is 2. The van der Waals surface area contributed by atoms with Crippen LogP contribution in [0.1, 0.15) is 60.7 Å². The molecular formula is C23H30N4O4. The third kappa shape index (κ3) is 5.52. The van der Waals surface area contributed by atoms with E-state index in [0.717, 1.165) is 30.6 Å². The van der Waals surface area contributed by atoms with Gasteiger partial charge in [0.2, 0.25) is 11.8 Å². The van der Waals surface area contributed by atoms with Crippen molar-refractivity contribution in [2.45, 2.75) is 46.2 Å². The lowest BCUT2D eigenvalue weighted by Crippen LogP contribution is -2.45. The van der Waals surface area contributed by atoms with Crippen molar-refractivity contribution in [2.75, 3.05) is 19.6 Å². The Balaban J connectivity index is 1.59. The summed E-state index contributed by atoms with van der Waals surface area (Å²) >= 11 is 0. The Morgan fingerprint density at radius 2 is 1.84 bits per heavy atom. The van der Waals surface area contributed by atoms with Crippen LogP contribution in [-0.2, 0) is 22.6 Å². The summed E-state index contributed by atoms with van der Waals surface area (Å²) in [6, 6.07) is 10.8. The average molecular weight is 427 g/mol. The Kier molecular flexibility index (Phi) is 7.46. The van der Waals surface area contributed by atoms with Crippen molar-refractivity contribution in [3.05, 3.63) is 59.0 Å². The minimum absolute atomic E-state index is 0.0578. The van der Waals surface area contributed by atoms with Gasteiger partial charge < -0.3 is 9.32 Å². The molecule has 1 aromatic heterocycles. The predicted molar refractivity (Wildman–Crippen MR) is 116 cm³/mol. The highest BCUT2D eigenvalue weighted by atomic mass is 16.4. The molecule has 1 unspecified atom stereocenters. The molecule has 0 radical (unpaired) electrons. The number of rotatable bonds is 7. The number of carbonyl (C=O) groups excluding carboxylic acids is 3. The average Bonchev–Trinajstić information content (AvgIpc) is 3.24. The standard InChI is InChI=1S/C23H30N4O4/c1-4-26(5-2)15-18-10-11-21(31-18)23(30)25-24-22(29)14-20-19-9-7-6-8-17(19)12-13-27(20)16(3)28/h6-11,20H,4-5,12-15H2,1-3H3,(H,24,29)(H,25,30). The van der Waals surface area contributed by atoms with Gasteiger partial charge in [0.1, 0.15) is 5.76 Å². The fraction of sp³-hybridized carbons (Fsp3) is 0.435. The summed E-state index contributed by atoms with van der Waals surface area (Å²) in [6.07, 6.45) is 0.821. The quantitative estimate of drug-likeness (QED) is 0.663. The number of nitrogens with one attached hydrogen (secondary N) is 2. The largest absolute Gasteiger partial charge is 0.454 e. The summed E-state index contributed by atoms with van der Waals surface area (Å²) < 4.78 is 5.60. The SMILES string of the molecule is CCN(CC)Cc1ccc(C(=O)NNC(=O)CC2c3ccccc3CCN2C(C)=O)o1. The van der Waals surface area contributed by atoms with E-state index in [-0.39, 0.29) is 30.0 Å². The molecule has 8 heteroatoms. The summed E-state index contributed by atoms with van der Waals surface area (Å²) in [5.74, 6) is -0.151. The summed E-state index contributed by atoms with van der Waals surface area (Å²) in [4.78, 5) is 40.9. The molecule has 3 rings (SSSR count). The van der Waals surface area contributed by atoms with Crippen molar-refractivity contribution in [1.29, 1.82) is 0 Å². The van der Waals surface area contributed by atoms with Gasteiger partial charge in [0.25, 0.3) is 0 Å². The Hall–Kier alpha value is -3.13. The highest BCUT2D eigenvalue weighted by Gasteiger charge is 2.30. The number of carbonyl (C=O) groups is 3. The van der Waals surface area contributed by atoms with Crippen molar-refractivity contribution in [3.8, 4) is 0 Å². The van der Waals surface area contributed by atoms with E-state index in [1.807, 2.05) is 24.3 Å². The Morgan fingerprint density at radius 3 is 2.55 bits per heavy atom. The number of hydrazine groups is 1. The molecule has 0 fully saturated rings. The molecule has 0 saturated carbocycles. The van der Waals surface area contributed by atoms with Gasteiger partial charge >= 0.3 is 5.91 Å². The van der Waals surface area contributed by atoms with Crippen LogP contribution < -0.4 is 10.9 Å². The van der Waals surface area contributed by atoms with Crippen molar-refractivity contribution < 1.29 is 18.8 Å². The lowest BCUT2D eigenvalue weighted by Gasteiger charge is -2.36. The third-order valence-corrected chi connectivity index (χ3v) is 5.67. The van der Waals surface area contributed by atoms with E-state index in [4.69, 9.17) is 4.42 Å². The molecule has 166 valence electrons. The molecular weight excluding hydrogens is 396 g/mol. The first-order valence-electron chi connectivity index (χ1n) is 10.7. The number of hydrogen-bond acceptors (Lipinski definition) is 5. The fourth-order valence-corrected chi connectivity index (χ4v) is 3.92. The van der Waals surface area contributed by atoms with Gasteiger partial charge in [0, 0.05) is 13.5 Å². The van der Waals surface area contributed by atoms with E-state index in [2.05, 4.69) is 29.6 Å². The van der Waals surface area contributed by atoms with E-state index in [0.29, 0.717) is 18.8 Å². The Morgan fingerprint density at radius 1 is 1.10 bits per heavy atom. The number of furan rings is 1. The van der Waals surface area contributed by atoms with Gasteiger partial charge in [0.05, 0.1) is 19.0 Å². The normalized spacial score (nSPS) is 15.5. The zero-order chi connectivity index (χ0) is 22.4. The molecule has 1 aliphatic heterocycles. The molecule has 3 amide bonds. The van der Waals surface area contributed by atoms with Crippen LogP contribution >= 0.6 is 0 Å². The van der Waals surface area contributed by atoms with Crippen molar-refractivity contribution in [3.63, 3.8) is 0 Å². The smallest absolute Gasteiger partial charge is 0.305 e. The van der Waals surface area contributed by atoms with Crippen LogP contribution in [0, 0.1) is 0 Å². The zero-order valence-corrected chi connectivity index (χ0v) is 18.3. The minimum atomic E-state index is -0.522. The predicted octanol–water partition coefficient (Wildman–Crippen LogP) is 2.42. The molecule has 0 bridgehead atoms. The summed E-state index contributed by atoms with van der Waals surface area (Å²) in [5, 5.41) is 0. The van der Waals surface area contributed by atoms with Crippen LogP contribution in [0.3, 0.4) is 0 Å². The molecule has 8 nitrogen and oxygen atoms in total. The molecule has 2 N–H and O–H groups in total. The first-order chi connectivity index (χ1) is 14.9. The van der Waals surface area contributed by atoms with Crippen LogP contribution in [0.15, 0.2) is 40.8 Å². The number of nitrogens with zero attached hydrogens (tertiary/aromatic N) is 2. The molecule has 0 aliphatic carbocycles. The van der Waals surface area contributed by atoms with E-state index < -0.39 is 5.91 Å². The van der Waals surface area contributed by atoms with Gasteiger partial charge in [-0.25, -0.2) is 0 Å². The third-order valence-electron chi connectivity index (χ3n) is 5.67. The van der Waals surface area contributed by atoms with Crippen LogP contribution in [-0.4, -0.2) is 47.2 Å². The summed E-state index contributed by atoms with van der Waals surface area (Å²) in [6.45, 7) is 8.59. The fourth-order valence-electron chi connectivity index (χ4n) is 3.92. The molecule has 1 aromatic carbocycles. The molecule has 31 heavy (non-hydrogen) atoms. The van der Waals surface area contributed by atoms with Crippen LogP contribution in [0.25, 0.3) is 0 Å². The van der Waals surface area contributed by atoms with Gasteiger partial charge in [-0.2, -0.15) is 0 Å². The van der Waals surface area contributed by atoms with Crippen LogP contribution in [0.5, 0.6) is 0 Å². The second-order valence-electron chi connectivity index (χ2n) is 7.61. The molecule has 2 aromatic rings. The van der Waals surface area contributed by atoms with Gasteiger partial charge in [0.15, 0.2) is 5.76 Å². The van der Waals surface area contributed by atoms with E-state index >= 15 is 0 Å². The first-order valence-corrected chi connectivity index (χ1v) is 10.7. The monoisotopic (exact) mass is 426 g/mol. The summed E-state index contributed by atoms with van der Waals surface area (Å²) in [7, 11) is 0. The first kappa shape index (κ1) is 22.6. The Labute approximate surface area is 182 Å². The number of benzene rings is 1. The van der Waals surface area contributed by atoms with Crippen molar-refractivity contribution in [2.24, 2.45) is 0 Å². The molecule has 1 atom stereocenters. The van der Waals surface area contributed by atoms with Crippen LogP contribution in [0.4, 0.5) is 0 Å². The highest BCUT2D eigenvalue weighted by Crippen LogP contribution is 2.32. The van der Waals surface area contributed by atoms with Gasteiger partial charge in [-0.05, 0) is 42.8 Å². The summed E-state index contributed by atoms with van der Waals surface area (Å²) in [5.41, 5.74) is 6.95. The van der Waals surface area contributed by atoms with Gasteiger partial charge in [-0.3, -0.25) is 30.1 Å². The lowest BCUT2D eigenvalue weighted by molar-refractivity contribution is -0.133. The van der Waals surface area contributed by atoms with Crippen LogP contribution in [0.2, 0.25) is 0 Å². The second kappa shape index (κ2) is 10.3. The van der Waals surface area contributed by atoms with E-state index in [1.165, 1.54) is 6.92 Å². The van der Waals surface area contributed by atoms with E-state index in [1.54, 1.807) is 17.0 Å². The maximum atomic E-state index is 12.6. The second-order valence-corrected chi connectivity index (χ2v) is 7.61. The van der Waals surface area contributed by atoms with Gasteiger partial charge in [-0.1, -0.05) is 38.1 Å². The topological polar surface area (TPSA) is 94.9 Å². The number of amides is 3. The molecule has 0 spiro atoms. The maximum Gasteiger partial charge on any atom is 0.305 e. The molecule has 0 saturated heterocycles. The highest BCUT2D eigenvalue weighted by molar-refractivity contribution is 5.93. The molecule has 2 heterocycles. The van der Waals surface area contributed by atoms with Crippen molar-refractivity contribution in [1.82, 2.24) is 20.7 Å². The number of fused-ring (bicyclic) bond motifs is 1. The minimum Gasteiger partial charge on any atom is -0.454 e.